The Kier molecular flexibility index (Phi) is 4.13. The van der Waals surface area contributed by atoms with Crippen molar-refractivity contribution in [3.8, 4) is 0 Å². The third-order valence-corrected chi connectivity index (χ3v) is 9.03. The molecule has 0 radical (unpaired) electrons. The van der Waals surface area contributed by atoms with Crippen LogP contribution in [0.3, 0.4) is 0 Å². The van der Waals surface area contributed by atoms with Crippen LogP contribution < -0.4 is 0 Å². The minimum atomic E-state index is -1.84. The lowest BCUT2D eigenvalue weighted by Crippen LogP contribution is -2.45. The number of hydrogen-bond acceptors (Lipinski definition) is 5. The molecule has 2 rings (SSSR count). The van der Waals surface area contributed by atoms with E-state index >= 15 is 0 Å². The van der Waals surface area contributed by atoms with E-state index in [1.165, 1.54) is 0 Å². The molecule has 2 aliphatic rings. The van der Waals surface area contributed by atoms with Gasteiger partial charge in [-0.2, -0.15) is 0 Å². The molecule has 0 aliphatic carbocycles. The molecule has 0 amide bonds. The van der Waals surface area contributed by atoms with Gasteiger partial charge < -0.3 is 23.7 Å². The van der Waals surface area contributed by atoms with Crippen LogP contribution >= 0.6 is 0 Å². The van der Waals surface area contributed by atoms with E-state index in [9.17, 15) is 5.11 Å². The molecule has 0 saturated carbocycles. The summed E-state index contributed by atoms with van der Waals surface area (Å²) in [6.45, 7) is 15.0. The molecule has 2 heterocycles. The highest BCUT2D eigenvalue weighted by atomic mass is 28.4. The van der Waals surface area contributed by atoms with Crippen molar-refractivity contribution in [3.05, 3.63) is 0 Å². The first kappa shape index (κ1) is 16.4. The number of aliphatic hydroxyl groups excluding tert-OH is 1. The Morgan fingerprint density at radius 1 is 1.20 bits per heavy atom. The van der Waals surface area contributed by atoms with Crippen LogP contribution in [0.4, 0.5) is 0 Å². The Morgan fingerprint density at radius 2 is 1.80 bits per heavy atom. The molecule has 4 atom stereocenters. The molecule has 0 aromatic heterocycles. The lowest BCUT2D eigenvalue weighted by molar-refractivity contribution is -0.217. The summed E-state index contributed by atoms with van der Waals surface area (Å²) in [6, 6.07) is 0. The van der Waals surface area contributed by atoms with Gasteiger partial charge in [0, 0.05) is 0 Å². The van der Waals surface area contributed by atoms with Crippen molar-refractivity contribution >= 4 is 8.32 Å². The molecule has 0 aromatic carbocycles. The van der Waals surface area contributed by atoms with Gasteiger partial charge in [0.1, 0.15) is 18.3 Å². The van der Waals surface area contributed by atoms with Gasteiger partial charge in [0.05, 0.1) is 6.61 Å². The summed E-state index contributed by atoms with van der Waals surface area (Å²) in [7, 11) is -1.84. The Labute approximate surface area is 122 Å². The van der Waals surface area contributed by atoms with Gasteiger partial charge in [-0.1, -0.05) is 20.8 Å². The average molecular weight is 304 g/mol. The molecule has 20 heavy (non-hydrogen) atoms. The third kappa shape index (κ3) is 3.10. The summed E-state index contributed by atoms with van der Waals surface area (Å²) < 4.78 is 23.1. The Hall–Kier alpha value is 0.0169. The van der Waals surface area contributed by atoms with Gasteiger partial charge >= 0.3 is 0 Å². The number of rotatable bonds is 3. The van der Waals surface area contributed by atoms with Gasteiger partial charge in [-0.3, -0.25) is 0 Å². The van der Waals surface area contributed by atoms with Gasteiger partial charge in [0.25, 0.3) is 0 Å². The van der Waals surface area contributed by atoms with Gasteiger partial charge in [-0.05, 0) is 32.0 Å². The van der Waals surface area contributed by atoms with Crippen LogP contribution in [0.1, 0.15) is 34.6 Å². The standard InChI is InChI=1S/C14H28O5Si/c1-13(2,3)20(6,7)16-8-9-10(15)11-12(17-9)19-14(4,5)18-11/h9-12,15H,8H2,1-7H3. The van der Waals surface area contributed by atoms with E-state index in [1.54, 1.807) is 0 Å². The van der Waals surface area contributed by atoms with Crippen LogP contribution in [0.15, 0.2) is 0 Å². The summed E-state index contributed by atoms with van der Waals surface area (Å²) in [4.78, 5) is 0. The lowest BCUT2D eigenvalue weighted by atomic mass is 10.1. The van der Waals surface area contributed by atoms with Crippen molar-refractivity contribution in [2.45, 2.75) is 83.1 Å². The second-order valence-corrected chi connectivity index (χ2v) is 12.5. The fourth-order valence-corrected chi connectivity index (χ4v) is 3.22. The highest BCUT2D eigenvalue weighted by Crippen LogP contribution is 2.40. The van der Waals surface area contributed by atoms with Crippen LogP contribution in [0.2, 0.25) is 18.1 Å². The van der Waals surface area contributed by atoms with Gasteiger partial charge in [0.15, 0.2) is 20.4 Å². The van der Waals surface area contributed by atoms with Gasteiger partial charge in [-0.15, -0.1) is 0 Å². The van der Waals surface area contributed by atoms with Crippen molar-refractivity contribution in [1.29, 1.82) is 0 Å². The number of aliphatic hydroxyl groups is 1. The molecule has 2 saturated heterocycles. The molecule has 0 spiro atoms. The summed E-state index contributed by atoms with van der Waals surface area (Å²) in [5.74, 6) is -0.693. The SMILES string of the molecule is CC1(C)OC2OC(CO[Si](C)(C)C(C)(C)C)C(O)C2O1. The van der Waals surface area contributed by atoms with Crippen LogP contribution in [-0.4, -0.2) is 50.4 Å². The highest BCUT2D eigenvalue weighted by Gasteiger charge is 2.54. The quantitative estimate of drug-likeness (QED) is 0.810. The number of fused-ring (bicyclic) bond motifs is 1. The topological polar surface area (TPSA) is 57.2 Å². The van der Waals surface area contributed by atoms with Crippen LogP contribution in [-0.2, 0) is 18.6 Å². The Morgan fingerprint density at radius 3 is 2.30 bits per heavy atom. The molecule has 2 aliphatic heterocycles. The molecule has 2 fully saturated rings. The second kappa shape index (κ2) is 5.03. The van der Waals surface area contributed by atoms with Crippen molar-refractivity contribution in [2.24, 2.45) is 0 Å². The maximum absolute atomic E-state index is 10.3. The molecule has 118 valence electrons. The van der Waals surface area contributed by atoms with Crippen LogP contribution in [0, 0.1) is 0 Å². The first-order valence-electron chi connectivity index (χ1n) is 7.26. The normalized spacial score (nSPS) is 37.2. The van der Waals surface area contributed by atoms with E-state index in [0.717, 1.165) is 0 Å². The van der Waals surface area contributed by atoms with Crippen LogP contribution in [0.25, 0.3) is 0 Å². The van der Waals surface area contributed by atoms with E-state index in [-0.39, 0.29) is 11.1 Å². The predicted octanol–water partition coefficient (Wildman–Crippen LogP) is 2.25. The molecule has 4 unspecified atom stereocenters. The molecule has 6 heteroatoms. The summed E-state index contributed by atoms with van der Waals surface area (Å²) >= 11 is 0. The fourth-order valence-electron chi connectivity index (χ4n) is 2.20. The van der Waals surface area contributed by atoms with Crippen LogP contribution in [0.5, 0.6) is 0 Å². The number of ether oxygens (including phenoxy) is 3. The molecule has 0 bridgehead atoms. The highest BCUT2D eigenvalue weighted by molar-refractivity contribution is 6.74. The molecular weight excluding hydrogens is 276 g/mol. The van der Waals surface area contributed by atoms with Crippen molar-refractivity contribution < 1.29 is 23.7 Å². The van der Waals surface area contributed by atoms with Crippen molar-refractivity contribution in [1.82, 2.24) is 0 Å². The summed E-state index contributed by atoms with van der Waals surface area (Å²) in [5.41, 5.74) is 0. The molecule has 0 aromatic rings. The smallest absolute Gasteiger partial charge is 0.192 e. The Bertz CT molecular complexity index is 363. The molecule has 5 nitrogen and oxygen atoms in total. The maximum atomic E-state index is 10.3. The van der Waals surface area contributed by atoms with Gasteiger partial charge in [0.2, 0.25) is 0 Å². The fraction of sp³-hybridized carbons (Fsp3) is 1.00. The van der Waals surface area contributed by atoms with Gasteiger partial charge in [-0.25, -0.2) is 0 Å². The van der Waals surface area contributed by atoms with Crippen molar-refractivity contribution in [3.63, 3.8) is 0 Å². The first-order chi connectivity index (χ1) is 8.93. The third-order valence-electron chi connectivity index (χ3n) is 4.53. The largest absolute Gasteiger partial charge is 0.414 e. The summed E-state index contributed by atoms with van der Waals surface area (Å²) in [5, 5.41) is 10.4. The Balaban J connectivity index is 1.91. The maximum Gasteiger partial charge on any atom is 0.192 e. The van der Waals surface area contributed by atoms with E-state index in [4.69, 9.17) is 18.6 Å². The van der Waals surface area contributed by atoms with E-state index in [0.29, 0.717) is 6.61 Å². The zero-order chi connectivity index (χ0) is 15.3. The van der Waals surface area contributed by atoms with E-state index in [2.05, 4.69) is 33.9 Å². The zero-order valence-corrected chi connectivity index (χ0v) is 14.6. The van der Waals surface area contributed by atoms with E-state index < -0.39 is 32.6 Å². The summed E-state index contributed by atoms with van der Waals surface area (Å²) in [6.07, 6.45) is -1.99. The molecule has 1 N–H and O–H groups in total. The van der Waals surface area contributed by atoms with Crippen molar-refractivity contribution in [2.75, 3.05) is 6.61 Å². The van der Waals surface area contributed by atoms with E-state index in [1.807, 2.05) is 13.8 Å². The zero-order valence-electron chi connectivity index (χ0n) is 13.6. The average Bonchev–Trinajstić information content (AvgIpc) is 2.69. The monoisotopic (exact) mass is 304 g/mol. The first-order valence-corrected chi connectivity index (χ1v) is 10.2. The molecular formula is C14H28O5Si. The second-order valence-electron chi connectivity index (χ2n) is 7.70. The number of hydrogen-bond donors (Lipinski definition) is 1. The lowest BCUT2D eigenvalue weighted by Gasteiger charge is -2.37. The minimum Gasteiger partial charge on any atom is -0.414 e. The predicted molar refractivity (Wildman–Crippen MR) is 77.9 cm³/mol. The minimum absolute atomic E-state index is 0.140.